The van der Waals surface area contributed by atoms with E-state index in [1.54, 1.807) is 17.1 Å². The van der Waals surface area contributed by atoms with Crippen molar-refractivity contribution >= 4 is 16.7 Å². The molecule has 0 radical (unpaired) electrons. The topological polar surface area (TPSA) is 63.9 Å². The number of Topliss-reactive ketones (excluding diaryl/α,β-unsaturated/α-hetero) is 1. The average molecular weight is 349 g/mol. The minimum atomic E-state index is -0.0373. The van der Waals surface area contributed by atoms with Gasteiger partial charge in [-0.05, 0) is 51.1 Å². The Hall–Kier alpha value is -2.60. The Bertz CT molecular complexity index is 942. The zero-order valence-electron chi connectivity index (χ0n) is 15.2. The lowest BCUT2D eigenvalue weighted by Crippen LogP contribution is -2.37. The molecule has 6 heteroatoms. The van der Waals surface area contributed by atoms with E-state index in [-0.39, 0.29) is 11.8 Å². The second-order valence-corrected chi connectivity index (χ2v) is 7.03. The lowest BCUT2D eigenvalue weighted by atomic mass is 10.1. The summed E-state index contributed by atoms with van der Waals surface area (Å²) < 4.78 is 1.76. The number of rotatable bonds is 5. The second-order valence-electron chi connectivity index (χ2n) is 7.03. The maximum absolute atomic E-state index is 12.6. The summed E-state index contributed by atoms with van der Waals surface area (Å²) >= 11 is 0. The van der Waals surface area contributed by atoms with E-state index in [1.807, 2.05) is 38.4 Å². The summed E-state index contributed by atoms with van der Waals surface area (Å²) in [5.41, 5.74) is 3.49. The van der Waals surface area contributed by atoms with E-state index in [0.29, 0.717) is 6.42 Å². The van der Waals surface area contributed by atoms with Crippen molar-refractivity contribution in [2.45, 2.75) is 32.2 Å². The van der Waals surface area contributed by atoms with Crippen LogP contribution in [-0.4, -0.2) is 49.6 Å². The Kier molecular flexibility index (Phi) is 4.51. The van der Waals surface area contributed by atoms with Gasteiger partial charge in [-0.15, -0.1) is 0 Å². The van der Waals surface area contributed by atoms with Gasteiger partial charge in [-0.1, -0.05) is 0 Å². The monoisotopic (exact) mass is 349 g/mol. The molecule has 0 spiro atoms. The minimum Gasteiger partial charge on any atom is -0.298 e. The first kappa shape index (κ1) is 16.8. The normalized spacial score (nSPS) is 16.2. The molecule has 1 atom stereocenters. The first-order chi connectivity index (χ1) is 12.6. The molecule has 1 aliphatic heterocycles. The van der Waals surface area contributed by atoms with Crippen molar-refractivity contribution < 1.29 is 4.79 Å². The number of aromatic nitrogens is 4. The summed E-state index contributed by atoms with van der Waals surface area (Å²) in [5, 5.41) is 5.18. The summed E-state index contributed by atoms with van der Waals surface area (Å²) in [4.78, 5) is 24.1. The molecule has 0 bridgehead atoms. The van der Waals surface area contributed by atoms with Gasteiger partial charge < -0.3 is 0 Å². The number of carbonyl (C=O) groups is 1. The van der Waals surface area contributed by atoms with Crippen LogP contribution in [0.5, 0.6) is 0 Å². The second kappa shape index (κ2) is 6.96. The van der Waals surface area contributed by atoms with E-state index in [2.05, 4.69) is 15.0 Å². The van der Waals surface area contributed by atoms with Crippen LogP contribution < -0.4 is 0 Å². The van der Waals surface area contributed by atoms with Crippen LogP contribution in [-0.2, 0) is 18.3 Å². The van der Waals surface area contributed by atoms with Crippen LogP contribution in [0.2, 0.25) is 0 Å². The third-order valence-electron chi connectivity index (χ3n) is 5.14. The molecule has 1 saturated heterocycles. The van der Waals surface area contributed by atoms with Crippen molar-refractivity contribution in [1.82, 2.24) is 24.6 Å². The molecular formula is C20H23N5O. The van der Waals surface area contributed by atoms with E-state index in [9.17, 15) is 4.79 Å². The molecule has 0 unspecified atom stereocenters. The summed E-state index contributed by atoms with van der Waals surface area (Å²) in [6.07, 6.45) is 8.28. The molecular weight excluding hydrogens is 326 g/mol. The fourth-order valence-electron chi connectivity index (χ4n) is 3.53. The maximum atomic E-state index is 12.6. The zero-order chi connectivity index (χ0) is 18.1. The number of ketones is 1. The van der Waals surface area contributed by atoms with Gasteiger partial charge >= 0.3 is 0 Å². The molecule has 26 heavy (non-hydrogen) atoms. The molecule has 1 aliphatic rings. The maximum Gasteiger partial charge on any atom is 0.155 e. The predicted molar refractivity (Wildman–Crippen MR) is 101 cm³/mol. The van der Waals surface area contributed by atoms with Gasteiger partial charge in [-0.25, -0.2) is 4.98 Å². The highest BCUT2D eigenvalue weighted by molar-refractivity contribution is 5.87. The zero-order valence-corrected chi connectivity index (χ0v) is 15.2. The highest BCUT2D eigenvalue weighted by atomic mass is 16.1. The fourth-order valence-corrected chi connectivity index (χ4v) is 3.53. The molecule has 3 aromatic heterocycles. The molecule has 6 nitrogen and oxygen atoms in total. The molecule has 4 heterocycles. The van der Waals surface area contributed by atoms with Gasteiger partial charge in [-0.3, -0.25) is 19.4 Å². The molecule has 3 aromatic rings. The highest BCUT2D eigenvalue weighted by Gasteiger charge is 2.24. The first-order valence-electron chi connectivity index (χ1n) is 9.11. The van der Waals surface area contributed by atoms with E-state index < -0.39 is 0 Å². The third-order valence-corrected chi connectivity index (χ3v) is 5.14. The molecule has 0 aliphatic carbocycles. The molecule has 0 amide bonds. The van der Waals surface area contributed by atoms with Gasteiger partial charge in [0.05, 0.1) is 29.9 Å². The van der Waals surface area contributed by atoms with E-state index in [4.69, 9.17) is 4.98 Å². The van der Waals surface area contributed by atoms with Crippen molar-refractivity contribution in [3.63, 3.8) is 0 Å². The number of carbonyl (C=O) groups excluding carboxylic acids is 1. The van der Waals surface area contributed by atoms with Crippen LogP contribution in [0.4, 0.5) is 0 Å². The number of pyridine rings is 2. The minimum absolute atomic E-state index is 0.0373. The smallest absolute Gasteiger partial charge is 0.155 e. The van der Waals surface area contributed by atoms with Crippen molar-refractivity contribution in [1.29, 1.82) is 0 Å². The lowest BCUT2D eigenvalue weighted by molar-refractivity contribution is -0.122. The summed E-state index contributed by atoms with van der Waals surface area (Å²) in [5.74, 6) is 0.224. The van der Waals surface area contributed by atoms with E-state index in [0.717, 1.165) is 40.9 Å². The van der Waals surface area contributed by atoms with E-state index in [1.165, 1.54) is 12.8 Å². The van der Waals surface area contributed by atoms with E-state index >= 15 is 0 Å². The van der Waals surface area contributed by atoms with Crippen LogP contribution in [0.15, 0.2) is 36.8 Å². The Morgan fingerprint density at radius 2 is 2.04 bits per heavy atom. The van der Waals surface area contributed by atoms with Crippen LogP contribution in [0.1, 0.15) is 25.5 Å². The quantitative estimate of drug-likeness (QED) is 0.708. The van der Waals surface area contributed by atoms with Gasteiger partial charge in [0.1, 0.15) is 0 Å². The van der Waals surface area contributed by atoms with Gasteiger partial charge in [0.25, 0.3) is 0 Å². The predicted octanol–water partition coefficient (Wildman–Crippen LogP) is 2.63. The molecule has 0 N–H and O–H groups in total. The fraction of sp³-hybridized carbons (Fsp3) is 0.400. The number of aryl methyl sites for hydroxylation is 1. The average Bonchev–Trinajstić information content (AvgIpc) is 3.32. The van der Waals surface area contributed by atoms with Gasteiger partial charge in [0.2, 0.25) is 0 Å². The van der Waals surface area contributed by atoms with Crippen molar-refractivity contribution in [2.75, 3.05) is 13.1 Å². The molecule has 0 saturated carbocycles. The molecule has 1 fully saturated rings. The largest absolute Gasteiger partial charge is 0.298 e. The SMILES string of the molecule is C[C@H](C(=O)Cc1cc2nc(-c3cnn(C)c3)ccc2cn1)N1CCCC1. The Labute approximate surface area is 152 Å². The number of nitrogens with zero attached hydrogens (tertiary/aromatic N) is 5. The number of hydrogen-bond acceptors (Lipinski definition) is 5. The van der Waals surface area contributed by atoms with Crippen LogP contribution >= 0.6 is 0 Å². The third kappa shape index (κ3) is 3.37. The molecule has 134 valence electrons. The number of hydrogen-bond donors (Lipinski definition) is 0. The Balaban J connectivity index is 1.57. The number of likely N-dealkylation sites (tertiary alicyclic amines) is 1. The Morgan fingerprint density at radius 1 is 1.23 bits per heavy atom. The summed E-state index contributed by atoms with van der Waals surface area (Å²) in [6.45, 7) is 4.05. The van der Waals surface area contributed by atoms with Crippen molar-refractivity contribution in [2.24, 2.45) is 7.05 Å². The van der Waals surface area contributed by atoms with Crippen LogP contribution in [0.3, 0.4) is 0 Å². The van der Waals surface area contributed by atoms with Crippen molar-refractivity contribution in [3.05, 3.63) is 42.5 Å². The van der Waals surface area contributed by atoms with Gasteiger partial charge in [0.15, 0.2) is 5.78 Å². The standard InChI is InChI=1S/C20H23N5O/c1-14(25-7-3-4-8-25)20(26)10-17-9-19-15(11-21-17)5-6-18(23-19)16-12-22-24(2)13-16/h5-6,9,11-14H,3-4,7-8,10H2,1-2H3/t14-/m1/s1. The molecule has 0 aromatic carbocycles. The van der Waals surface area contributed by atoms with Gasteiger partial charge in [-0.2, -0.15) is 5.10 Å². The Morgan fingerprint density at radius 3 is 2.77 bits per heavy atom. The summed E-state index contributed by atoms with van der Waals surface area (Å²) in [7, 11) is 1.89. The van der Waals surface area contributed by atoms with Crippen LogP contribution in [0.25, 0.3) is 22.2 Å². The first-order valence-corrected chi connectivity index (χ1v) is 9.11. The summed E-state index contributed by atoms with van der Waals surface area (Å²) in [6, 6.07) is 5.88. The highest BCUT2D eigenvalue weighted by Crippen LogP contribution is 2.21. The number of fused-ring (bicyclic) bond motifs is 1. The molecule has 4 rings (SSSR count). The van der Waals surface area contributed by atoms with Crippen molar-refractivity contribution in [3.8, 4) is 11.3 Å². The van der Waals surface area contributed by atoms with Crippen LogP contribution in [0, 0.1) is 0 Å². The van der Waals surface area contributed by atoms with Gasteiger partial charge in [0, 0.05) is 36.1 Å². The lowest BCUT2D eigenvalue weighted by Gasteiger charge is -2.22.